The molecule has 0 aliphatic heterocycles. The smallest absolute Gasteiger partial charge is 0.273 e. The van der Waals surface area contributed by atoms with E-state index in [1.807, 2.05) is 0 Å². The number of benzene rings is 1. The van der Waals surface area contributed by atoms with Gasteiger partial charge in [0.25, 0.3) is 5.69 Å². The second-order valence-electron chi connectivity index (χ2n) is 2.48. The van der Waals surface area contributed by atoms with Crippen molar-refractivity contribution in [1.82, 2.24) is 0 Å². The van der Waals surface area contributed by atoms with E-state index in [9.17, 15) is 10.1 Å². The molecule has 4 nitrogen and oxygen atoms in total. The molecule has 0 bridgehead atoms. The molecular weight excluding hydrogens is 229 g/mol. The fourth-order valence-electron chi connectivity index (χ4n) is 0.994. The Morgan fingerprint density at radius 3 is 2.57 bits per heavy atom. The molecule has 0 atom stereocenters. The van der Waals surface area contributed by atoms with Gasteiger partial charge in [-0.15, -0.1) is 0 Å². The lowest BCUT2D eigenvalue weighted by molar-refractivity contribution is -0.384. The largest absolute Gasteiger partial charge is 0.496 e. The number of nitro groups is 1. The Morgan fingerprint density at radius 2 is 2.14 bits per heavy atom. The quantitative estimate of drug-likeness (QED) is 0.460. The van der Waals surface area contributed by atoms with Gasteiger partial charge in [0.2, 0.25) is 0 Å². The minimum absolute atomic E-state index is 0.0559. The molecule has 0 aromatic heterocycles. The van der Waals surface area contributed by atoms with E-state index in [0.717, 1.165) is 0 Å². The van der Waals surface area contributed by atoms with E-state index in [2.05, 4.69) is 0 Å². The van der Waals surface area contributed by atoms with Crippen molar-refractivity contribution in [3.8, 4) is 5.75 Å². The molecule has 0 N–H and O–H groups in total. The summed E-state index contributed by atoms with van der Waals surface area (Å²) in [7, 11) is 1.40. The summed E-state index contributed by atoms with van der Waals surface area (Å²) >= 11 is 11.3. The Bertz CT molecular complexity index is 354. The molecule has 0 aliphatic rings. The summed E-state index contributed by atoms with van der Waals surface area (Å²) in [6.07, 6.45) is 0. The lowest BCUT2D eigenvalue weighted by Crippen LogP contribution is -1.94. The summed E-state index contributed by atoms with van der Waals surface area (Å²) in [6, 6.07) is 4.09. The normalized spacial score (nSPS) is 10.3. The summed E-state index contributed by atoms with van der Waals surface area (Å²) in [4.78, 5) is 9.17. The lowest BCUT2D eigenvalue weighted by Gasteiger charge is -2.07. The maximum absolute atomic E-state index is 10.4. The Hall–Kier alpha value is -1.000. The van der Waals surface area contributed by atoms with Crippen LogP contribution < -0.4 is 4.74 Å². The molecule has 0 heterocycles. The van der Waals surface area contributed by atoms with E-state index in [0.29, 0.717) is 11.3 Å². The van der Waals surface area contributed by atoms with Gasteiger partial charge in [-0.2, -0.15) is 0 Å². The Balaban J connectivity index is 3.18. The van der Waals surface area contributed by atoms with Crippen LogP contribution in [0.15, 0.2) is 18.2 Å². The number of methoxy groups -OCH3 is 1. The minimum atomic E-state index is -0.759. The van der Waals surface area contributed by atoms with Crippen LogP contribution in [-0.2, 0) is 0 Å². The highest BCUT2D eigenvalue weighted by atomic mass is 35.5. The summed E-state index contributed by atoms with van der Waals surface area (Å²) in [5, 5.41) is 10.4. The van der Waals surface area contributed by atoms with Crippen molar-refractivity contribution in [3.05, 3.63) is 33.9 Å². The van der Waals surface area contributed by atoms with Crippen LogP contribution in [0.2, 0.25) is 0 Å². The molecule has 0 spiro atoms. The van der Waals surface area contributed by atoms with E-state index in [-0.39, 0.29) is 5.69 Å². The third-order valence-corrected chi connectivity index (χ3v) is 2.13. The highest BCUT2D eigenvalue weighted by Gasteiger charge is 2.15. The Kier molecular flexibility index (Phi) is 3.55. The topological polar surface area (TPSA) is 52.4 Å². The monoisotopic (exact) mass is 235 g/mol. The van der Waals surface area contributed by atoms with Crippen molar-refractivity contribution in [3.63, 3.8) is 0 Å². The van der Waals surface area contributed by atoms with Gasteiger partial charge in [0.1, 0.15) is 10.6 Å². The molecule has 76 valence electrons. The van der Waals surface area contributed by atoms with Crippen LogP contribution in [0, 0.1) is 10.1 Å². The SMILES string of the molecule is COc1cc([N+](=O)[O-])ccc1C(Cl)Cl. The maximum Gasteiger partial charge on any atom is 0.273 e. The first kappa shape index (κ1) is 11.1. The standard InChI is InChI=1S/C8H7Cl2NO3/c1-14-7-4-5(11(12)13)2-3-6(7)8(9)10/h2-4,8H,1H3. The molecule has 0 radical (unpaired) electrons. The van der Waals surface area contributed by atoms with E-state index in [4.69, 9.17) is 27.9 Å². The summed E-state index contributed by atoms with van der Waals surface area (Å²) in [5.41, 5.74) is 0.459. The molecule has 0 amide bonds. The highest BCUT2D eigenvalue weighted by Crippen LogP contribution is 2.34. The van der Waals surface area contributed by atoms with Crippen molar-refractivity contribution in [2.45, 2.75) is 4.84 Å². The van der Waals surface area contributed by atoms with Gasteiger partial charge in [-0.1, -0.05) is 23.2 Å². The van der Waals surface area contributed by atoms with Gasteiger partial charge in [-0.25, -0.2) is 0 Å². The van der Waals surface area contributed by atoms with Crippen LogP contribution in [-0.4, -0.2) is 12.0 Å². The lowest BCUT2D eigenvalue weighted by atomic mass is 10.2. The molecule has 1 aromatic carbocycles. The molecule has 0 unspecified atom stereocenters. The molecule has 0 saturated heterocycles. The number of ether oxygens (including phenoxy) is 1. The molecular formula is C8H7Cl2NO3. The molecule has 0 aliphatic carbocycles. The molecule has 1 rings (SSSR count). The maximum atomic E-state index is 10.4. The first-order chi connectivity index (χ1) is 6.56. The molecule has 1 aromatic rings. The zero-order valence-corrected chi connectivity index (χ0v) is 8.75. The van der Waals surface area contributed by atoms with E-state index in [1.165, 1.54) is 25.3 Å². The molecule has 6 heteroatoms. The van der Waals surface area contributed by atoms with Crippen LogP contribution in [0.5, 0.6) is 5.75 Å². The summed E-state index contributed by atoms with van der Waals surface area (Å²) in [6.45, 7) is 0. The highest BCUT2D eigenvalue weighted by molar-refractivity contribution is 6.44. The molecule has 0 fully saturated rings. The van der Waals surface area contributed by atoms with Gasteiger partial charge >= 0.3 is 0 Å². The number of non-ortho nitro benzene ring substituents is 1. The number of rotatable bonds is 3. The first-order valence-electron chi connectivity index (χ1n) is 3.66. The zero-order valence-electron chi connectivity index (χ0n) is 7.24. The van der Waals surface area contributed by atoms with Crippen molar-refractivity contribution >= 4 is 28.9 Å². The van der Waals surface area contributed by atoms with Gasteiger partial charge < -0.3 is 4.74 Å². The van der Waals surface area contributed by atoms with Crippen LogP contribution in [0.3, 0.4) is 0 Å². The predicted octanol–water partition coefficient (Wildman–Crippen LogP) is 3.08. The van der Waals surface area contributed by atoms with Gasteiger partial charge in [0.05, 0.1) is 18.1 Å². The van der Waals surface area contributed by atoms with Crippen LogP contribution in [0.4, 0.5) is 5.69 Å². The average molecular weight is 236 g/mol. The number of nitrogens with zero attached hydrogens (tertiary/aromatic N) is 1. The molecule has 0 saturated carbocycles. The first-order valence-corrected chi connectivity index (χ1v) is 4.54. The van der Waals surface area contributed by atoms with Crippen molar-refractivity contribution in [2.75, 3.05) is 7.11 Å². The van der Waals surface area contributed by atoms with E-state index >= 15 is 0 Å². The number of alkyl halides is 2. The molecule has 14 heavy (non-hydrogen) atoms. The second kappa shape index (κ2) is 4.48. The fraction of sp³-hybridized carbons (Fsp3) is 0.250. The number of nitro benzene ring substituents is 1. The Labute approximate surface area is 90.5 Å². The predicted molar refractivity (Wildman–Crippen MR) is 54.1 cm³/mol. The van der Waals surface area contributed by atoms with Crippen LogP contribution >= 0.6 is 23.2 Å². The second-order valence-corrected chi connectivity index (χ2v) is 3.58. The Morgan fingerprint density at radius 1 is 1.50 bits per heavy atom. The van der Waals surface area contributed by atoms with Crippen LogP contribution in [0.1, 0.15) is 10.4 Å². The van der Waals surface area contributed by atoms with Gasteiger partial charge in [0, 0.05) is 11.6 Å². The van der Waals surface area contributed by atoms with Crippen LogP contribution in [0.25, 0.3) is 0 Å². The number of halogens is 2. The van der Waals surface area contributed by atoms with Gasteiger partial charge in [0.15, 0.2) is 0 Å². The van der Waals surface area contributed by atoms with Gasteiger partial charge in [-0.3, -0.25) is 10.1 Å². The van der Waals surface area contributed by atoms with Gasteiger partial charge in [-0.05, 0) is 6.07 Å². The third kappa shape index (κ3) is 2.27. The average Bonchev–Trinajstić information content (AvgIpc) is 2.16. The van der Waals surface area contributed by atoms with E-state index < -0.39 is 9.76 Å². The summed E-state index contributed by atoms with van der Waals surface area (Å²) in [5.74, 6) is 0.314. The van der Waals surface area contributed by atoms with Crippen molar-refractivity contribution < 1.29 is 9.66 Å². The third-order valence-electron chi connectivity index (χ3n) is 1.66. The fourth-order valence-corrected chi connectivity index (χ4v) is 1.35. The number of hydrogen-bond donors (Lipinski definition) is 0. The van der Waals surface area contributed by atoms with E-state index in [1.54, 1.807) is 0 Å². The summed E-state index contributed by atoms with van der Waals surface area (Å²) < 4.78 is 4.92. The van der Waals surface area contributed by atoms with Crippen molar-refractivity contribution in [1.29, 1.82) is 0 Å². The zero-order chi connectivity index (χ0) is 10.7. The minimum Gasteiger partial charge on any atom is -0.496 e. The van der Waals surface area contributed by atoms with Crippen molar-refractivity contribution in [2.24, 2.45) is 0 Å². The number of hydrogen-bond acceptors (Lipinski definition) is 3.